The molecule has 31 heavy (non-hydrogen) atoms. The minimum absolute atomic E-state index is 0.0466. The first-order valence-corrected chi connectivity index (χ1v) is 11.4. The average molecular weight is 451 g/mol. The van der Waals surface area contributed by atoms with Crippen molar-refractivity contribution in [2.45, 2.75) is 33.2 Å². The molecule has 0 bridgehead atoms. The molecule has 0 unspecified atom stereocenters. The number of thioether (sulfide) groups is 1. The number of hydrogen-bond acceptors (Lipinski definition) is 4. The van der Waals surface area contributed by atoms with Crippen LogP contribution >= 0.6 is 23.4 Å². The molecular formula is C25H23ClN2O2S. The van der Waals surface area contributed by atoms with Crippen LogP contribution in [-0.4, -0.2) is 22.0 Å². The Labute approximate surface area is 191 Å². The molecule has 1 saturated heterocycles. The van der Waals surface area contributed by atoms with Crippen LogP contribution in [-0.2, 0) is 4.79 Å². The Bertz CT molecular complexity index is 1150. The first-order chi connectivity index (χ1) is 14.9. The van der Waals surface area contributed by atoms with Gasteiger partial charge in [0.2, 0.25) is 0 Å². The van der Waals surface area contributed by atoms with Gasteiger partial charge in [0, 0.05) is 22.7 Å². The lowest BCUT2D eigenvalue weighted by Crippen LogP contribution is -2.36. The zero-order valence-electron chi connectivity index (χ0n) is 17.6. The van der Waals surface area contributed by atoms with Gasteiger partial charge in [-0.05, 0) is 80.6 Å². The smallest absolute Gasteiger partial charge is 0.267 e. The molecule has 4 rings (SSSR count). The van der Waals surface area contributed by atoms with Crippen LogP contribution in [0.5, 0.6) is 0 Å². The van der Waals surface area contributed by atoms with E-state index in [0.29, 0.717) is 20.9 Å². The number of hydrogen-bond donors (Lipinski definition) is 0. The van der Waals surface area contributed by atoms with E-state index in [1.807, 2.05) is 74.5 Å². The van der Waals surface area contributed by atoms with E-state index in [1.54, 1.807) is 11.0 Å². The van der Waals surface area contributed by atoms with Gasteiger partial charge in [-0.3, -0.25) is 9.69 Å². The largest absolute Gasteiger partial charge is 0.457 e. The third-order valence-corrected chi connectivity index (χ3v) is 6.39. The van der Waals surface area contributed by atoms with Crippen LogP contribution in [0.3, 0.4) is 0 Å². The van der Waals surface area contributed by atoms with Gasteiger partial charge in [0.05, 0.1) is 10.6 Å². The van der Waals surface area contributed by atoms with Crippen LogP contribution in [0.4, 0.5) is 5.69 Å². The van der Waals surface area contributed by atoms with E-state index in [-0.39, 0.29) is 11.9 Å². The van der Waals surface area contributed by atoms with Crippen molar-refractivity contribution in [3.63, 3.8) is 0 Å². The first-order valence-electron chi connectivity index (χ1n) is 10.2. The summed E-state index contributed by atoms with van der Waals surface area (Å²) < 4.78 is 5.97. The molecule has 0 N–H and O–H groups in total. The third kappa shape index (κ3) is 4.78. The van der Waals surface area contributed by atoms with Crippen molar-refractivity contribution >= 4 is 46.2 Å². The number of aryl methyl sites for hydroxylation is 1. The fraction of sp³-hybridized carbons (Fsp3) is 0.200. The number of carbonyl (C=O) groups excluding carboxylic acids is 1. The summed E-state index contributed by atoms with van der Waals surface area (Å²) in [5, 5.41) is 1.37. The summed E-state index contributed by atoms with van der Waals surface area (Å²) in [4.78, 5) is 20.3. The van der Waals surface area contributed by atoms with Crippen LogP contribution in [0.1, 0.15) is 31.6 Å². The second-order valence-corrected chi connectivity index (χ2v) is 8.93. The number of aliphatic imine (C=N–C) groups is 1. The number of benzene rings is 2. The highest BCUT2D eigenvalue weighted by molar-refractivity contribution is 8.18. The Morgan fingerprint density at radius 2 is 1.81 bits per heavy atom. The van der Waals surface area contributed by atoms with Crippen molar-refractivity contribution in [3.8, 4) is 11.3 Å². The minimum Gasteiger partial charge on any atom is -0.457 e. The minimum atomic E-state index is -0.0466. The Kier molecular flexibility index (Phi) is 6.35. The van der Waals surface area contributed by atoms with Crippen LogP contribution < -0.4 is 0 Å². The number of furan rings is 1. The van der Waals surface area contributed by atoms with Crippen molar-refractivity contribution in [1.29, 1.82) is 0 Å². The van der Waals surface area contributed by atoms with Crippen LogP contribution in [0.25, 0.3) is 17.4 Å². The predicted molar refractivity (Wildman–Crippen MR) is 130 cm³/mol. The molecule has 6 heteroatoms. The Morgan fingerprint density at radius 1 is 1.10 bits per heavy atom. The normalized spacial score (nSPS) is 17.7. The predicted octanol–water partition coefficient (Wildman–Crippen LogP) is 7.31. The van der Waals surface area contributed by atoms with E-state index < -0.39 is 0 Å². The Hall–Kier alpha value is -2.76. The van der Waals surface area contributed by atoms with Gasteiger partial charge in [0.15, 0.2) is 5.17 Å². The van der Waals surface area contributed by atoms with Crippen molar-refractivity contribution in [2.24, 2.45) is 4.99 Å². The molecule has 0 saturated carbocycles. The standard InChI is InChI=1S/C25H23ClN2O2S/c1-4-17(3)28-24(29)23(31-25(28)27-20-11-5-16(2)6-12-20)15-21-13-14-22(30-21)18-7-9-19(26)10-8-18/h5-15,17H,4H2,1-3H3/b23-15+,27-25?/t17-/m0/s1. The molecule has 0 spiro atoms. The zero-order valence-corrected chi connectivity index (χ0v) is 19.2. The van der Waals surface area contributed by atoms with E-state index >= 15 is 0 Å². The monoisotopic (exact) mass is 450 g/mol. The highest BCUT2D eigenvalue weighted by Crippen LogP contribution is 2.36. The van der Waals surface area contributed by atoms with Gasteiger partial charge in [-0.25, -0.2) is 4.99 Å². The van der Waals surface area contributed by atoms with Crippen LogP contribution in [0.2, 0.25) is 5.02 Å². The van der Waals surface area contributed by atoms with Gasteiger partial charge in [-0.1, -0.05) is 36.2 Å². The van der Waals surface area contributed by atoms with Gasteiger partial charge >= 0.3 is 0 Å². The van der Waals surface area contributed by atoms with E-state index in [4.69, 9.17) is 21.0 Å². The van der Waals surface area contributed by atoms with Gasteiger partial charge in [-0.15, -0.1) is 0 Å². The van der Waals surface area contributed by atoms with E-state index in [1.165, 1.54) is 17.3 Å². The van der Waals surface area contributed by atoms with E-state index in [2.05, 4.69) is 6.92 Å². The maximum atomic E-state index is 13.2. The highest BCUT2D eigenvalue weighted by Gasteiger charge is 2.36. The molecule has 0 radical (unpaired) electrons. The summed E-state index contributed by atoms with van der Waals surface area (Å²) >= 11 is 7.35. The second kappa shape index (κ2) is 9.16. The average Bonchev–Trinajstić information content (AvgIpc) is 3.35. The summed E-state index contributed by atoms with van der Waals surface area (Å²) in [6.07, 6.45) is 2.63. The van der Waals surface area contributed by atoms with Gasteiger partial charge < -0.3 is 4.42 Å². The molecule has 1 atom stereocenters. The maximum Gasteiger partial charge on any atom is 0.267 e. The number of nitrogens with zero attached hydrogens (tertiary/aromatic N) is 2. The van der Waals surface area contributed by atoms with Gasteiger partial charge in [0.1, 0.15) is 11.5 Å². The molecule has 3 aromatic rings. The summed E-state index contributed by atoms with van der Waals surface area (Å²) in [6, 6.07) is 19.3. The number of amidine groups is 1. The molecule has 1 amide bonds. The lowest BCUT2D eigenvalue weighted by molar-refractivity contribution is -0.123. The van der Waals surface area contributed by atoms with Crippen molar-refractivity contribution in [1.82, 2.24) is 4.90 Å². The summed E-state index contributed by atoms with van der Waals surface area (Å²) in [5.74, 6) is 1.31. The first kappa shape index (κ1) is 21.5. The topological polar surface area (TPSA) is 45.8 Å². The molecule has 2 aromatic carbocycles. The molecular weight excluding hydrogens is 428 g/mol. The quantitative estimate of drug-likeness (QED) is 0.383. The summed E-state index contributed by atoms with van der Waals surface area (Å²) in [7, 11) is 0. The zero-order chi connectivity index (χ0) is 22.0. The summed E-state index contributed by atoms with van der Waals surface area (Å²) in [5.41, 5.74) is 2.94. The number of halogens is 1. The lowest BCUT2D eigenvalue weighted by Gasteiger charge is -2.22. The highest BCUT2D eigenvalue weighted by atomic mass is 35.5. The Balaban J connectivity index is 1.64. The van der Waals surface area contributed by atoms with Crippen LogP contribution in [0.15, 0.2) is 75.0 Å². The molecule has 2 heterocycles. The fourth-order valence-corrected chi connectivity index (χ4v) is 4.39. The van der Waals surface area contributed by atoms with E-state index in [0.717, 1.165) is 23.4 Å². The number of rotatable bonds is 5. The van der Waals surface area contributed by atoms with Crippen molar-refractivity contribution in [2.75, 3.05) is 0 Å². The third-order valence-electron chi connectivity index (χ3n) is 5.16. The molecule has 158 valence electrons. The van der Waals surface area contributed by atoms with Crippen LogP contribution in [0, 0.1) is 6.92 Å². The van der Waals surface area contributed by atoms with Crippen molar-refractivity contribution in [3.05, 3.63) is 81.9 Å². The molecule has 0 aliphatic carbocycles. The Morgan fingerprint density at radius 3 is 2.48 bits per heavy atom. The molecule has 1 aliphatic heterocycles. The molecule has 4 nitrogen and oxygen atoms in total. The maximum absolute atomic E-state index is 13.2. The van der Waals surface area contributed by atoms with Gasteiger partial charge in [0.25, 0.3) is 5.91 Å². The van der Waals surface area contributed by atoms with Crippen molar-refractivity contribution < 1.29 is 9.21 Å². The SMILES string of the molecule is CC[C@H](C)N1C(=O)/C(=C\c2ccc(-c3ccc(Cl)cc3)o2)SC1=Nc1ccc(C)cc1. The van der Waals surface area contributed by atoms with E-state index in [9.17, 15) is 4.79 Å². The number of amides is 1. The fourth-order valence-electron chi connectivity index (χ4n) is 3.19. The number of carbonyl (C=O) groups is 1. The van der Waals surface area contributed by atoms with Gasteiger partial charge in [-0.2, -0.15) is 0 Å². The second-order valence-electron chi connectivity index (χ2n) is 7.48. The lowest BCUT2D eigenvalue weighted by atomic mass is 10.2. The molecule has 1 aromatic heterocycles. The molecule has 1 aliphatic rings. The summed E-state index contributed by atoms with van der Waals surface area (Å²) in [6.45, 7) is 6.15. The molecule has 1 fully saturated rings.